The third-order valence-corrected chi connectivity index (χ3v) is 6.03. The van der Waals surface area contributed by atoms with E-state index in [2.05, 4.69) is 15.4 Å². The maximum absolute atomic E-state index is 14.8. The van der Waals surface area contributed by atoms with Crippen LogP contribution in [0.15, 0.2) is 29.5 Å². The molecule has 2 N–H and O–H groups in total. The zero-order valence-corrected chi connectivity index (χ0v) is 17.3. The Morgan fingerprint density at radius 3 is 2.74 bits per heavy atom. The molecular formula is C22H26FN5O3. The highest BCUT2D eigenvalue weighted by atomic mass is 19.1. The second-order valence-electron chi connectivity index (χ2n) is 8.51. The molecule has 2 aliphatic carbocycles. The molecule has 3 aliphatic rings. The molecule has 1 aromatic carbocycles. The van der Waals surface area contributed by atoms with Crippen LogP contribution in [0.25, 0.3) is 0 Å². The quantitative estimate of drug-likeness (QED) is 0.733. The molecule has 8 nitrogen and oxygen atoms in total. The number of ether oxygens (including phenoxy) is 1. The summed E-state index contributed by atoms with van der Waals surface area (Å²) in [5.41, 5.74) is 1.46. The number of fused-ring (bicyclic) bond motifs is 1. The van der Waals surface area contributed by atoms with Crippen LogP contribution in [0.4, 0.5) is 10.1 Å². The summed E-state index contributed by atoms with van der Waals surface area (Å²) in [7, 11) is 0. The Morgan fingerprint density at radius 1 is 1.23 bits per heavy atom. The van der Waals surface area contributed by atoms with Gasteiger partial charge in [-0.3, -0.25) is 5.32 Å². The lowest BCUT2D eigenvalue weighted by Crippen LogP contribution is -2.44. The van der Waals surface area contributed by atoms with E-state index >= 15 is 0 Å². The summed E-state index contributed by atoms with van der Waals surface area (Å²) in [4.78, 5) is 17.9. The van der Waals surface area contributed by atoms with E-state index in [4.69, 9.17) is 4.74 Å². The van der Waals surface area contributed by atoms with Crippen molar-refractivity contribution >= 4 is 17.6 Å². The van der Waals surface area contributed by atoms with Crippen molar-refractivity contribution in [3.05, 3.63) is 41.5 Å². The summed E-state index contributed by atoms with van der Waals surface area (Å²) in [5.74, 6) is -0.731. The summed E-state index contributed by atoms with van der Waals surface area (Å²) >= 11 is 0. The van der Waals surface area contributed by atoms with Gasteiger partial charge in [0, 0.05) is 30.4 Å². The van der Waals surface area contributed by atoms with Crippen molar-refractivity contribution in [2.45, 2.75) is 63.6 Å². The number of rotatable bonds is 6. The first-order chi connectivity index (χ1) is 15.1. The molecule has 9 heteroatoms. The minimum absolute atomic E-state index is 0.0649. The Kier molecular flexibility index (Phi) is 5.35. The molecule has 31 heavy (non-hydrogen) atoms. The van der Waals surface area contributed by atoms with Crippen LogP contribution >= 0.6 is 0 Å². The van der Waals surface area contributed by atoms with Crippen molar-refractivity contribution in [2.24, 2.45) is 4.99 Å². The molecule has 0 atom stereocenters. The van der Waals surface area contributed by atoms with E-state index in [9.17, 15) is 14.3 Å². The SMILES string of the molecule is O=C(O)c1cnn(C2=Nc3cc(F)c(OC4CCCCC4)cc3CN2CNC2CC2)c1. The monoisotopic (exact) mass is 427 g/mol. The molecule has 0 bridgehead atoms. The fraction of sp³-hybridized carbons (Fsp3) is 0.500. The molecular weight excluding hydrogens is 401 g/mol. The molecule has 0 unspecified atom stereocenters. The molecule has 0 saturated heterocycles. The molecule has 2 saturated carbocycles. The van der Waals surface area contributed by atoms with Crippen molar-refractivity contribution in [3.8, 4) is 5.75 Å². The molecule has 2 heterocycles. The van der Waals surface area contributed by atoms with Crippen LogP contribution in [0.1, 0.15) is 60.9 Å². The molecule has 0 amide bonds. The molecule has 0 radical (unpaired) electrons. The Bertz CT molecular complexity index is 1010. The van der Waals surface area contributed by atoms with Crippen LogP contribution < -0.4 is 10.1 Å². The number of carboxylic acid groups (broad SMARTS) is 1. The predicted octanol–water partition coefficient (Wildman–Crippen LogP) is 3.49. The Hall–Kier alpha value is -2.94. The number of aromatic carboxylic acids is 1. The zero-order chi connectivity index (χ0) is 21.4. The molecule has 2 fully saturated rings. The number of carbonyl (C=O) groups is 1. The molecule has 1 aliphatic heterocycles. The number of aliphatic imine (C=N–C) groups is 1. The van der Waals surface area contributed by atoms with Crippen molar-refractivity contribution in [1.29, 1.82) is 0 Å². The van der Waals surface area contributed by atoms with Crippen molar-refractivity contribution in [3.63, 3.8) is 0 Å². The van der Waals surface area contributed by atoms with E-state index in [0.717, 1.165) is 44.1 Å². The van der Waals surface area contributed by atoms with E-state index in [1.807, 2.05) is 4.90 Å². The van der Waals surface area contributed by atoms with Crippen LogP contribution in [-0.4, -0.2) is 50.5 Å². The number of nitrogens with one attached hydrogen (secondary N) is 1. The van der Waals surface area contributed by atoms with Crippen LogP contribution in [0.2, 0.25) is 0 Å². The van der Waals surface area contributed by atoms with Crippen molar-refractivity contribution in [2.75, 3.05) is 6.67 Å². The molecule has 164 valence electrons. The number of hydrogen-bond donors (Lipinski definition) is 2. The van der Waals surface area contributed by atoms with Crippen LogP contribution in [0, 0.1) is 5.82 Å². The van der Waals surface area contributed by atoms with E-state index in [1.165, 1.54) is 29.6 Å². The largest absolute Gasteiger partial charge is 0.487 e. The Labute approximate surface area is 179 Å². The van der Waals surface area contributed by atoms with Gasteiger partial charge in [-0.25, -0.2) is 18.9 Å². The minimum atomic E-state index is -1.05. The third-order valence-electron chi connectivity index (χ3n) is 6.03. The molecule has 5 rings (SSSR count). The second kappa shape index (κ2) is 8.30. The average Bonchev–Trinajstić information content (AvgIpc) is 3.46. The Morgan fingerprint density at radius 2 is 2.03 bits per heavy atom. The first kappa shape index (κ1) is 20.0. The Balaban J connectivity index is 1.44. The highest BCUT2D eigenvalue weighted by Crippen LogP contribution is 2.34. The molecule has 0 spiro atoms. The van der Waals surface area contributed by atoms with Gasteiger partial charge in [-0.05, 0) is 44.6 Å². The van der Waals surface area contributed by atoms with Gasteiger partial charge in [-0.15, -0.1) is 0 Å². The number of aromatic nitrogens is 2. The minimum Gasteiger partial charge on any atom is -0.487 e. The smallest absolute Gasteiger partial charge is 0.338 e. The highest BCUT2D eigenvalue weighted by Gasteiger charge is 2.28. The topological polar surface area (TPSA) is 92.0 Å². The van der Waals surface area contributed by atoms with Gasteiger partial charge < -0.3 is 14.7 Å². The number of benzene rings is 1. The van der Waals surface area contributed by atoms with Gasteiger partial charge in [0.1, 0.15) is 0 Å². The van der Waals surface area contributed by atoms with Gasteiger partial charge in [-0.1, -0.05) is 6.42 Å². The lowest BCUT2D eigenvalue weighted by atomic mass is 9.98. The maximum Gasteiger partial charge on any atom is 0.338 e. The van der Waals surface area contributed by atoms with Gasteiger partial charge in [0.15, 0.2) is 11.6 Å². The predicted molar refractivity (Wildman–Crippen MR) is 112 cm³/mol. The van der Waals surface area contributed by atoms with E-state index in [0.29, 0.717) is 30.9 Å². The van der Waals surface area contributed by atoms with Gasteiger partial charge >= 0.3 is 5.97 Å². The summed E-state index contributed by atoms with van der Waals surface area (Å²) in [6.45, 7) is 1.04. The maximum atomic E-state index is 14.8. The van der Waals surface area contributed by atoms with Gasteiger partial charge in [0.25, 0.3) is 0 Å². The first-order valence-electron chi connectivity index (χ1n) is 10.9. The van der Waals surface area contributed by atoms with Gasteiger partial charge in [0.05, 0.1) is 30.2 Å². The summed E-state index contributed by atoms with van der Waals surface area (Å²) in [5, 5.41) is 16.8. The average molecular weight is 427 g/mol. The van der Waals surface area contributed by atoms with E-state index in [-0.39, 0.29) is 17.4 Å². The first-order valence-corrected chi connectivity index (χ1v) is 10.9. The van der Waals surface area contributed by atoms with E-state index < -0.39 is 11.8 Å². The standard InChI is InChI=1S/C22H26FN5O3/c23-18-9-19-14(8-20(18)31-17-4-2-1-3-5-17)11-27(13-24-16-6-7-16)22(26-19)28-12-15(10-25-28)21(29)30/h8-10,12,16-17,24H,1-7,11,13H2,(H,29,30). The van der Waals surface area contributed by atoms with Crippen LogP contribution in [0.3, 0.4) is 0 Å². The molecule has 1 aromatic heterocycles. The van der Waals surface area contributed by atoms with Gasteiger partial charge in [-0.2, -0.15) is 5.10 Å². The number of hydrogen-bond acceptors (Lipinski definition) is 6. The van der Waals surface area contributed by atoms with Crippen LogP contribution in [-0.2, 0) is 6.54 Å². The summed E-state index contributed by atoms with van der Waals surface area (Å²) in [6, 6.07) is 3.66. The number of carboxylic acids is 1. The third kappa shape index (κ3) is 4.41. The normalized spacial score (nSPS) is 19.1. The van der Waals surface area contributed by atoms with Crippen LogP contribution in [0.5, 0.6) is 5.75 Å². The summed E-state index contributed by atoms with van der Waals surface area (Å²) < 4.78 is 22.2. The highest BCUT2D eigenvalue weighted by molar-refractivity contribution is 5.90. The lowest BCUT2D eigenvalue weighted by Gasteiger charge is -2.31. The summed E-state index contributed by atoms with van der Waals surface area (Å²) in [6.07, 6.45) is 10.4. The van der Waals surface area contributed by atoms with E-state index in [1.54, 1.807) is 6.07 Å². The van der Waals surface area contributed by atoms with Crippen molar-refractivity contribution in [1.82, 2.24) is 20.0 Å². The molecule has 2 aromatic rings. The lowest BCUT2D eigenvalue weighted by molar-refractivity contribution is 0.0697. The fourth-order valence-electron chi connectivity index (χ4n) is 4.12. The fourth-order valence-corrected chi connectivity index (χ4v) is 4.12. The number of nitrogens with zero attached hydrogens (tertiary/aromatic N) is 4. The second-order valence-corrected chi connectivity index (χ2v) is 8.51. The van der Waals surface area contributed by atoms with Crippen molar-refractivity contribution < 1.29 is 19.0 Å². The van der Waals surface area contributed by atoms with Gasteiger partial charge in [0.2, 0.25) is 5.96 Å². The number of halogens is 1. The zero-order valence-electron chi connectivity index (χ0n) is 17.3.